The monoisotopic (exact) mass is 658 g/mol. The minimum atomic E-state index is -4.84. The van der Waals surface area contributed by atoms with Crippen molar-refractivity contribution < 1.29 is 38.0 Å². The van der Waals surface area contributed by atoms with Crippen LogP contribution in [0, 0.1) is 11.8 Å². The van der Waals surface area contributed by atoms with Crippen molar-refractivity contribution >= 4 is 23.2 Å². The van der Waals surface area contributed by atoms with E-state index in [-0.39, 0.29) is 30.3 Å². The number of alkyl halides is 3. The number of ether oxygens (including phenoxy) is 2. The van der Waals surface area contributed by atoms with Crippen LogP contribution in [-0.4, -0.2) is 67.2 Å². The van der Waals surface area contributed by atoms with Gasteiger partial charge in [0.05, 0.1) is 23.4 Å². The minimum Gasteiger partial charge on any atom is -0.492 e. The molecule has 0 radical (unpaired) electrons. The zero-order valence-corrected chi connectivity index (χ0v) is 25.7. The highest BCUT2D eigenvalue weighted by Gasteiger charge is 2.49. The molecule has 2 unspecified atom stereocenters. The third-order valence-corrected chi connectivity index (χ3v) is 8.85. The van der Waals surface area contributed by atoms with Crippen LogP contribution in [0.4, 0.5) is 13.2 Å². The molecule has 44 heavy (non-hydrogen) atoms. The molecular formula is C30H35Cl2F3N4O5. The molecule has 2 aliphatic heterocycles. The number of hydrogen-bond acceptors (Lipinski definition) is 8. The van der Waals surface area contributed by atoms with Gasteiger partial charge in [0.15, 0.2) is 12.1 Å². The van der Waals surface area contributed by atoms with Crippen molar-refractivity contribution in [2.75, 3.05) is 19.7 Å². The largest absolute Gasteiger partial charge is 0.492 e. The summed E-state index contributed by atoms with van der Waals surface area (Å²) in [5.41, 5.74) is -1.06. The number of nitrogens with zero attached hydrogens (tertiary/aromatic N) is 4. The molecule has 1 aromatic carbocycles. The van der Waals surface area contributed by atoms with Crippen LogP contribution in [0.5, 0.6) is 0 Å². The molecule has 5 rings (SSSR count). The Morgan fingerprint density at radius 3 is 2.55 bits per heavy atom. The molecule has 1 aromatic heterocycles. The maximum Gasteiger partial charge on any atom is 0.452 e. The van der Waals surface area contributed by atoms with Crippen molar-refractivity contribution in [1.29, 1.82) is 0 Å². The van der Waals surface area contributed by atoms with Crippen LogP contribution >= 0.6 is 23.2 Å². The summed E-state index contributed by atoms with van der Waals surface area (Å²) in [5.74, 6) is -1.39. The van der Waals surface area contributed by atoms with E-state index in [1.54, 1.807) is 31.2 Å². The molecule has 14 heteroatoms. The van der Waals surface area contributed by atoms with Crippen LogP contribution in [0.25, 0.3) is 5.69 Å². The van der Waals surface area contributed by atoms with Gasteiger partial charge in [-0.05, 0) is 56.9 Å². The highest BCUT2D eigenvalue weighted by molar-refractivity contribution is 6.31. The van der Waals surface area contributed by atoms with Crippen LogP contribution in [-0.2, 0) is 21.3 Å². The Bertz CT molecular complexity index is 1440. The first-order valence-corrected chi connectivity index (χ1v) is 15.2. The Labute approximate surface area is 263 Å². The van der Waals surface area contributed by atoms with Gasteiger partial charge in [-0.15, -0.1) is 10.2 Å². The van der Waals surface area contributed by atoms with Gasteiger partial charge in [-0.3, -0.25) is 9.47 Å². The summed E-state index contributed by atoms with van der Waals surface area (Å²) in [6.45, 7) is 4.73. The lowest BCUT2D eigenvalue weighted by Crippen LogP contribution is -2.46. The van der Waals surface area contributed by atoms with E-state index in [0.29, 0.717) is 53.9 Å². The molecule has 1 saturated heterocycles. The van der Waals surface area contributed by atoms with E-state index in [9.17, 15) is 28.5 Å². The number of piperidine rings is 1. The highest BCUT2D eigenvalue weighted by atomic mass is 35.5. The molecule has 1 aliphatic carbocycles. The summed E-state index contributed by atoms with van der Waals surface area (Å²) >= 11 is 13.0. The van der Waals surface area contributed by atoms with Crippen molar-refractivity contribution in [3.05, 3.63) is 75.5 Å². The number of hydrogen-bond donors (Lipinski definition) is 3. The Balaban J connectivity index is 1.58. The number of aromatic nitrogens is 3. The van der Waals surface area contributed by atoms with Crippen molar-refractivity contribution in [1.82, 2.24) is 19.7 Å². The topological polar surface area (TPSA) is 113 Å². The molecule has 3 N–H and O–H groups in total. The van der Waals surface area contributed by atoms with Crippen LogP contribution in [0.2, 0.25) is 5.02 Å². The predicted molar refractivity (Wildman–Crippen MR) is 157 cm³/mol. The van der Waals surface area contributed by atoms with E-state index in [1.165, 1.54) is 12.1 Å². The molecule has 0 bridgehead atoms. The van der Waals surface area contributed by atoms with Crippen molar-refractivity contribution in [3.8, 4) is 5.69 Å². The Kier molecular flexibility index (Phi) is 9.81. The van der Waals surface area contributed by atoms with Gasteiger partial charge in [0.1, 0.15) is 17.6 Å². The number of benzene rings is 1. The Morgan fingerprint density at radius 1 is 1.16 bits per heavy atom. The summed E-state index contributed by atoms with van der Waals surface area (Å²) in [5, 5.41) is 38.3. The number of allylic oxidation sites excluding steroid dienone is 3. The predicted octanol–water partition coefficient (Wildman–Crippen LogP) is 5.58. The SMILES string of the molecule is CCOC1=CC=CC([C@H]2O[C@@](C)(CC(O)N3CCC(CC(O)O)CC3)c3nnc(C(F)(F)F)n3-c3ccc(Cl)cc32)C=C1Cl. The summed E-state index contributed by atoms with van der Waals surface area (Å²) in [4.78, 5) is 1.81. The molecule has 2 aromatic rings. The molecule has 1 fully saturated rings. The van der Waals surface area contributed by atoms with E-state index in [2.05, 4.69) is 10.2 Å². The summed E-state index contributed by atoms with van der Waals surface area (Å²) in [6.07, 6.45) is 0.0776. The number of halogens is 5. The second-order valence-electron chi connectivity index (χ2n) is 11.5. The van der Waals surface area contributed by atoms with E-state index in [4.69, 9.17) is 32.7 Å². The molecule has 240 valence electrons. The van der Waals surface area contributed by atoms with Gasteiger partial charge < -0.3 is 24.8 Å². The van der Waals surface area contributed by atoms with Gasteiger partial charge in [-0.25, -0.2) is 0 Å². The third-order valence-electron chi connectivity index (χ3n) is 8.31. The maximum absolute atomic E-state index is 14.4. The summed E-state index contributed by atoms with van der Waals surface area (Å²) in [6, 6.07) is 4.53. The van der Waals surface area contributed by atoms with Gasteiger partial charge in [-0.2, -0.15) is 13.2 Å². The number of rotatable bonds is 8. The smallest absolute Gasteiger partial charge is 0.452 e. The number of aliphatic hydroxyl groups excluding tert-OH is 2. The fourth-order valence-corrected chi connectivity index (χ4v) is 6.64. The zero-order valence-electron chi connectivity index (χ0n) is 24.2. The summed E-state index contributed by atoms with van der Waals surface area (Å²) in [7, 11) is 0. The van der Waals surface area contributed by atoms with Crippen molar-refractivity contribution in [2.45, 2.75) is 69.9 Å². The van der Waals surface area contributed by atoms with Crippen LogP contribution in [0.1, 0.15) is 62.8 Å². The lowest BCUT2D eigenvalue weighted by atomic mass is 9.91. The van der Waals surface area contributed by atoms with Crippen molar-refractivity contribution in [2.24, 2.45) is 11.8 Å². The summed E-state index contributed by atoms with van der Waals surface area (Å²) < 4.78 is 56.5. The first-order chi connectivity index (χ1) is 20.8. The first-order valence-electron chi connectivity index (χ1n) is 14.5. The number of fused-ring (bicyclic) bond motifs is 3. The van der Waals surface area contributed by atoms with Crippen LogP contribution in [0.3, 0.4) is 0 Å². The molecule has 4 atom stereocenters. The first kappa shape index (κ1) is 32.9. The van der Waals surface area contributed by atoms with E-state index in [1.807, 2.05) is 17.9 Å². The molecule has 0 saturated carbocycles. The van der Waals surface area contributed by atoms with Gasteiger partial charge in [0, 0.05) is 42.4 Å². The standard InChI is InChI=1S/C30H35Cl2F3N4O5/c1-3-43-23-6-4-5-18(14-21(23)32)26-20-15-19(31)7-8-22(20)39-27(36-37-28(39)30(33,34)35)29(2,44-26)16-24(40)38-11-9-17(10-12-38)13-25(41)42/h4-8,14-15,17-18,24-26,40-42H,3,9-13,16H2,1-2H3/t18?,24?,26-,29+/m1/s1. The average molecular weight is 660 g/mol. The molecule has 3 heterocycles. The Morgan fingerprint density at radius 2 is 1.89 bits per heavy atom. The third kappa shape index (κ3) is 6.86. The minimum absolute atomic E-state index is 0.0815. The van der Waals surface area contributed by atoms with Crippen molar-refractivity contribution in [3.63, 3.8) is 0 Å². The second-order valence-corrected chi connectivity index (χ2v) is 12.3. The molecule has 0 amide bonds. The molecular weight excluding hydrogens is 624 g/mol. The van der Waals surface area contributed by atoms with E-state index < -0.39 is 42.1 Å². The highest BCUT2D eigenvalue weighted by Crippen LogP contribution is 2.48. The molecule has 3 aliphatic rings. The Hall–Kier alpha value is -2.45. The zero-order chi connectivity index (χ0) is 31.8. The fraction of sp³-hybridized carbons (Fsp3) is 0.533. The quantitative estimate of drug-likeness (QED) is 0.315. The maximum atomic E-state index is 14.4. The fourth-order valence-electron chi connectivity index (χ4n) is 6.20. The lowest BCUT2D eigenvalue weighted by Gasteiger charge is -2.40. The number of likely N-dealkylation sites (tertiary alicyclic amines) is 1. The van der Waals surface area contributed by atoms with Gasteiger partial charge >= 0.3 is 6.18 Å². The number of aliphatic hydroxyl groups is 3. The van der Waals surface area contributed by atoms with Crippen LogP contribution < -0.4 is 0 Å². The molecule has 0 spiro atoms. The lowest BCUT2D eigenvalue weighted by molar-refractivity contribution is -0.150. The van der Waals surface area contributed by atoms with Gasteiger partial charge in [0.25, 0.3) is 0 Å². The molecule has 9 nitrogen and oxygen atoms in total. The normalized spacial score (nSPS) is 25.5. The van der Waals surface area contributed by atoms with Gasteiger partial charge in [-0.1, -0.05) is 41.4 Å². The second kappa shape index (κ2) is 13.1. The van der Waals surface area contributed by atoms with E-state index in [0.717, 1.165) is 4.57 Å². The van der Waals surface area contributed by atoms with E-state index >= 15 is 0 Å². The average Bonchev–Trinajstić information content (AvgIpc) is 3.30. The van der Waals surface area contributed by atoms with Crippen LogP contribution in [0.15, 0.2) is 53.3 Å². The van der Waals surface area contributed by atoms with Gasteiger partial charge in [0.2, 0.25) is 5.82 Å².